The van der Waals surface area contributed by atoms with E-state index in [2.05, 4.69) is 5.32 Å². The van der Waals surface area contributed by atoms with E-state index >= 15 is 0 Å². The summed E-state index contributed by atoms with van der Waals surface area (Å²) in [6.45, 7) is 7.06. The van der Waals surface area contributed by atoms with Crippen molar-refractivity contribution in [2.75, 3.05) is 0 Å². The molecule has 3 N–H and O–H groups in total. The van der Waals surface area contributed by atoms with Crippen LogP contribution in [0.5, 0.6) is 0 Å². The topological polar surface area (TPSA) is 55.1 Å². The van der Waals surface area contributed by atoms with Crippen molar-refractivity contribution in [2.45, 2.75) is 45.7 Å². The van der Waals surface area contributed by atoms with Gasteiger partial charge in [-0.05, 0) is 44.4 Å². The molecule has 0 bridgehead atoms. The molecule has 0 aliphatic carbocycles. The van der Waals surface area contributed by atoms with E-state index in [0.717, 1.165) is 5.56 Å². The number of nitrogens with one attached hydrogen (secondary N) is 1. The van der Waals surface area contributed by atoms with E-state index < -0.39 is 5.54 Å². The van der Waals surface area contributed by atoms with Gasteiger partial charge in [-0.15, -0.1) is 0 Å². The van der Waals surface area contributed by atoms with Crippen molar-refractivity contribution >= 4 is 5.91 Å². The predicted octanol–water partition coefficient (Wildman–Crippen LogP) is 2.44. The van der Waals surface area contributed by atoms with Gasteiger partial charge in [-0.2, -0.15) is 0 Å². The first-order valence-electron chi connectivity index (χ1n) is 6.14. The molecule has 2 unspecified atom stereocenters. The smallest absolute Gasteiger partial charge is 0.240 e. The van der Waals surface area contributed by atoms with Gasteiger partial charge in [0.25, 0.3) is 0 Å². The minimum atomic E-state index is -0.891. The fraction of sp³-hybridized carbons (Fsp3) is 0.500. The zero-order valence-corrected chi connectivity index (χ0v) is 11.4. The Bertz CT molecular complexity index is 443. The highest BCUT2D eigenvalue weighted by molar-refractivity contribution is 5.85. The minimum Gasteiger partial charge on any atom is -0.348 e. The van der Waals surface area contributed by atoms with Crippen molar-refractivity contribution in [3.05, 3.63) is 35.1 Å². The van der Waals surface area contributed by atoms with Crippen molar-refractivity contribution in [1.29, 1.82) is 0 Å². The summed E-state index contributed by atoms with van der Waals surface area (Å²) in [6.07, 6.45) is 0.549. The zero-order chi connectivity index (χ0) is 13.9. The van der Waals surface area contributed by atoms with Crippen LogP contribution < -0.4 is 11.1 Å². The summed E-state index contributed by atoms with van der Waals surface area (Å²) in [5.41, 5.74) is 6.29. The van der Waals surface area contributed by atoms with Crippen LogP contribution in [-0.2, 0) is 4.79 Å². The molecule has 0 saturated carbocycles. The lowest BCUT2D eigenvalue weighted by Crippen LogP contribution is -2.51. The average molecular weight is 252 g/mol. The fourth-order valence-corrected chi connectivity index (χ4v) is 1.48. The molecule has 18 heavy (non-hydrogen) atoms. The normalized spacial score (nSPS) is 15.9. The van der Waals surface area contributed by atoms with Gasteiger partial charge in [-0.25, -0.2) is 4.39 Å². The van der Waals surface area contributed by atoms with E-state index in [9.17, 15) is 9.18 Å². The lowest BCUT2D eigenvalue weighted by Gasteiger charge is -2.24. The first-order chi connectivity index (χ1) is 8.27. The van der Waals surface area contributed by atoms with Crippen LogP contribution in [0.25, 0.3) is 0 Å². The number of rotatable bonds is 4. The Balaban J connectivity index is 2.79. The number of aryl methyl sites for hydroxylation is 1. The van der Waals surface area contributed by atoms with Crippen molar-refractivity contribution in [3.63, 3.8) is 0 Å². The van der Waals surface area contributed by atoms with Gasteiger partial charge in [0, 0.05) is 0 Å². The number of hydrogen-bond acceptors (Lipinski definition) is 2. The Morgan fingerprint density at radius 1 is 1.56 bits per heavy atom. The summed E-state index contributed by atoms with van der Waals surface area (Å²) in [4.78, 5) is 11.9. The van der Waals surface area contributed by atoms with Crippen LogP contribution in [0.2, 0.25) is 0 Å². The van der Waals surface area contributed by atoms with E-state index in [0.29, 0.717) is 12.0 Å². The molecule has 100 valence electrons. The van der Waals surface area contributed by atoms with Crippen LogP contribution in [0, 0.1) is 12.7 Å². The maximum absolute atomic E-state index is 13.4. The van der Waals surface area contributed by atoms with Crippen molar-refractivity contribution < 1.29 is 9.18 Å². The van der Waals surface area contributed by atoms with Crippen LogP contribution in [0.3, 0.4) is 0 Å². The molecule has 0 aromatic heterocycles. The summed E-state index contributed by atoms with van der Waals surface area (Å²) in [5, 5.41) is 2.80. The third-order valence-electron chi connectivity index (χ3n) is 3.30. The quantitative estimate of drug-likeness (QED) is 0.864. The Hall–Kier alpha value is -1.42. The maximum Gasteiger partial charge on any atom is 0.240 e. The molecule has 0 aliphatic rings. The van der Waals surface area contributed by atoms with Gasteiger partial charge in [-0.3, -0.25) is 4.79 Å². The number of carbonyl (C=O) groups excluding carboxylic acids is 1. The Morgan fingerprint density at radius 2 is 2.17 bits per heavy atom. The molecule has 0 heterocycles. The van der Waals surface area contributed by atoms with E-state index in [-0.39, 0.29) is 17.8 Å². The minimum absolute atomic E-state index is 0.224. The Labute approximate surface area is 108 Å². The molecule has 1 aromatic carbocycles. The number of benzene rings is 1. The average Bonchev–Trinajstić information content (AvgIpc) is 2.32. The summed E-state index contributed by atoms with van der Waals surface area (Å²) >= 11 is 0. The monoisotopic (exact) mass is 252 g/mol. The molecule has 1 aromatic rings. The molecule has 1 rings (SSSR count). The first-order valence-corrected chi connectivity index (χ1v) is 6.14. The molecule has 4 heteroatoms. The lowest BCUT2D eigenvalue weighted by atomic mass is 9.98. The van der Waals surface area contributed by atoms with Gasteiger partial charge in [0.15, 0.2) is 0 Å². The number of carbonyl (C=O) groups is 1. The molecule has 0 spiro atoms. The second-order valence-electron chi connectivity index (χ2n) is 4.97. The maximum atomic E-state index is 13.4. The summed E-state index contributed by atoms with van der Waals surface area (Å²) in [7, 11) is 0. The van der Waals surface area contributed by atoms with E-state index in [1.807, 2.05) is 19.9 Å². The highest BCUT2D eigenvalue weighted by atomic mass is 19.1. The number of amides is 1. The van der Waals surface area contributed by atoms with Gasteiger partial charge >= 0.3 is 0 Å². The van der Waals surface area contributed by atoms with Crippen LogP contribution in [0.4, 0.5) is 4.39 Å². The zero-order valence-electron chi connectivity index (χ0n) is 11.4. The van der Waals surface area contributed by atoms with E-state index in [4.69, 9.17) is 5.73 Å². The van der Waals surface area contributed by atoms with Crippen molar-refractivity contribution in [2.24, 2.45) is 5.73 Å². The third kappa shape index (κ3) is 3.29. The van der Waals surface area contributed by atoms with Crippen LogP contribution in [0.15, 0.2) is 18.2 Å². The lowest BCUT2D eigenvalue weighted by molar-refractivity contribution is -0.126. The SMILES string of the molecule is CCC(C)(N)C(=O)NC(C)c1ccc(C)c(F)c1. The molecule has 2 atom stereocenters. The number of halogens is 1. The molecule has 0 fully saturated rings. The van der Waals surface area contributed by atoms with Crippen LogP contribution in [0.1, 0.15) is 44.4 Å². The second kappa shape index (κ2) is 5.48. The van der Waals surface area contributed by atoms with Gasteiger partial charge in [0.2, 0.25) is 5.91 Å². The molecule has 0 aliphatic heterocycles. The van der Waals surface area contributed by atoms with Gasteiger partial charge in [-0.1, -0.05) is 19.1 Å². The van der Waals surface area contributed by atoms with Crippen molar-refractivity contribution in [3.8, 4) is 0 Å². The molecular formula is C14H21FN2O. The van der Waals surface area contributed by atoms with E-state index in [1.54, 1.807) is 19.9 Å². The van der Waals surface area contributed by atoms with E-state index in [1.165, 1.54) is 6.07 Å². The first kappa shape index (κ1) is 14.6. The highest BCUT2D eigenvalue weighted by Gasteiger charge is 2.27. The predicted molar refractivity (Wildman–Crippen MR) is 70.6 cm³/mol. The second-order valence-corrected chi connectivity index (χ2v) is 4.97. The van der Waals surface area contributed by atoms with Gasteiger partial charge in [0.1, 0.15) is 5.82 Å². The molecule has 0 radical (unpaired) electrons. The summed E-state index contributed by atoms with van der Waals surface area (Å²) in [5.74, 6) is -0.488. The summed E-state index contributed by atoms with van der Waals surface area (Å²) < 4.78 is 13.4. The molecule has 3 nitrogen and oxygen atoms in total. The molecule has 1 amide bonds. The van der Waals surface area contributed by atoms with Gasteiger partial charge in [0.05, 0.1) is 11.6 Å². The number of hydrogen-bond donors (Lipinski definition) is 2. The van der Waals surface area contributed by atoms with Gasteiger partial charge < -0.3 is 11.1 Å². The molecular weight excluding hydrogens is 231 g/mol. The molecule has 0 saturated heterocycles. The third-order valence-corrected chi connectivity index (χ3v) is 3.30. The fourth-order valence-electron chi connectivity index (χ4n) is 1.48. The van der Waals surface area contributed by atoms with Crippen molar-refractivity contribution in [1.82, 2.24) is 5.32 Å². The standard InChI is InChI=1S/C14H21FN2O/c1-5-14(4,16)13(18)17-10(3)11-7-6-9(2)12(15)8-11/h6-8,10H,5,16H2,1-4H3,(H,17,18). The van der Waals surface area contributed by atoms with Crippen LogP contribution >= 0.6 is 0 Å². The Morgan fingerprint density at radius 3 is 2.67 bits per heavy atom. The highest BCUT2D eigenvalue weighted by Crippen LogP contribution is 2.17. The largest absolute Gasteiger partial charge is 0.348 e. The summed E-state index contributed by atoms with van der Waals surface area (Å²) in [6, 6.07) is 4.69. The number of nitrogens with two attached hydrogens (primary N) is 1. The Kier molecular flexibility index (Phi) is 4.46. The van der Waals surface area contributed by atoms with Crippen LogP contribution in [-0.4, -0.2) is 11.4 Å².